The average molecular weight is 272 g/mol. The first-order valence-corrected chi connectivity index (χ1v) is 4.76. The second-order valence-corrected chi connectivity index (χ2v) is 3.60. The first kappa shape index (κ1) is 11.6. The molecule has 0 saturated carbocycles. The maximum Gasteiger partial charge on any atom is 0.398 e. The third kappa shape index (κ3) is 2.75. The Kier molecular flexibility index (Phi) is 3.60. The highest BCUT2D eigenvalue weighted by Crippen LogP contribution is 2.38. The molecule has 0 aliphatic rings. The molecule has 0 radical (unpaired) electrons. The lowest BCUT2D eigenvalue weighted by Crippen LogP contribution is -2.23. The van der Waals surface area contributed by atoms with Crippen molar-refractivity contribution in [3.63, 3.8) is 0 Å². The van der Waals surface area contributed by atoms with Gasteiger partial charge in [-0.05, 0) is 41.0 Å². The summed E-state index contributed by atoms with van der Waals surface area (Å²) >= 11 is 2.95. The van der Waals surface area contributed by atoms with Crippen molar-refractivity contribution >= 4 is 15.9 Å². The predicted molar refractivity (Wildman–Crippen MR) is 48.9 cm³/mol. The zero-order chi connectivity index (χ0) is 10.8. The molecule has 0 saturated heterocycles. The molecule has 1 aromatic rings. The topological polar surface area (TPSA) is 39.2 Å². The molecule has 0 aliphatic carbocycles. The minimum absolute atomic E-state index is 0.0253. The Bertz CT molecular complexity index is 297. The number of hydrogen-bond acceptors (Lipinski definition) is 2. The molecular formula is C8H9BrF3NO. The second kappa shape index (κ2) is 4.35. The van der Waals surface area contributed by atoms with Crippen molar-refractivity contribution in [3.05, 3.63) is 22.6 Å². The van der Waals surface area contributed by atoms with E-state index >= 15 is 0 Å². The zero-order valence-electron chi connectivity index (χ0n) is 7.14. The van der Waals surface area contributed by atoms with Crippen LogP contribution < -0.4 is 5.73 Å². The summed E-state index contributed by atoms with van der Waals surface area (Å²) in [6, 6.07) is 2.74. The Labute approximate surface area is 87.4 Å². The highest BCUT2D eigenvalue weighted by atomic mass is 79.9. The third-order valence-electron chi connectivity index (χ3n) is 1.79. The molecule has 0 aliphatic heterocycles. The Hall–Kier alpha value is -0.490. The van der Waals surface area contributed by atoms with Gasteiger partial charge in [-0.2, -0.15) is 13.2 Å². The van der Waals surface area contributed by atoms with Crippen molar-refractivity contribution in [1.29, 1.82) is 0 Å². The first-order chi connectivity index (χ1) is 6.45. The number of rotatable bonds is 3. The predicted octanol–water partition coefficient (Wildman–Crippen LogP) is 3.04. The van der Waals surface area contributed by atoms with E-state index in [1.54, 1.807) is 0 Å². The lowest BCUT2D eigenvalue weighted by atomic mass is 10.0. The number of hydrogen-bond donors (Lipinski definition) is 1. The number of nitrogens with two attached hydrogens (primary N) is 1. The summed E-state index contributed by atoms with van der Waals surface area (Å²) in [4.78, 5) is 0. The van der Waals surface area contributed by atoms with Gasteiger partial charge in [0.2, 0.25) is 0 Å². The van der Waals surface area contributed by atoms with E-state index in [1.165, 1.54) is 12.1 Å². The summed E-state index contributed by atoms with van der Waals surface area (Å²) in [6.07, 6.45) is -4.47. The van der Waals surface area contributed by atoms with Crippen LogP contribution in [0.5, 0.6) is 0 Å². The molecule has 1 aromatic heterocycles. The SMILES string of the molecule is NCCC(c1ccc(Br)o1)C(F)(F)F. The summed E-state index contributed by atoms with van der Waals surface area (Å²) in [5.74, 6) is -1.71. The molecule has 0 bridgehead atoms. The van der Waals surface area contributed by atoms with Gasteiger partial charge in [0, 0.05) is 0 Å². The molecule has 1 rings (SSSR count). The first-order valence-electron chi connectivity index (χ1n) is 3.97. The van der Waals surface area contributed by atoms with Gasteiger partial charge in [-0.15, -0.1) is 0 Å². The Balaban J connectivity index is 2.88. The van der Waals surface area contributed by atoms with Gasteiger partial charge >= 0.3 is 6.18 Å². The molecule has 80 valence electrons. The molecule has 1 unspecified atom stereocenters. The zero-order valence-corrected chi connectivity index (χ0v) is 8.73. The maximum absolute atomic E-state index is 12.5. The number of alkyl halides is 3. The summed E-state index contributed by atoms with van der Waals surface area (Å²) in [5, 5.41) is 0. The van der Waals surface area contributed by atoms with Gasteiger partial charge in [0.1, 0.15) is 11.7 Å². The van der Waals surface area contributed by atoms with E-state index in [9.17, 15) is 13.2 Å². The summed E-state index contributed by atoms with van der Waals surface area (Å²) in [7, 11) is 0. The largest absolute Gasteiger partial charge is 0.454 e. The molecule has 1 atom stereocenters. The summed E-state index contributed by atoms with van der Waals surface area (Å²) < 4.78 is 42.6. The van der Waals surface area contributed by atoms with Crippen LogP contribution in [0.4, 0.5) is 13.2 Å². The van der Waals surface area contributed by atoms with Gasteiger partial charge in [-0.1, -0.05) is 0 Å². The standard InChI is InChI=1S/C8H9BrF3NO/c9-7-2-1-6(14-7)5(3-4-13)8(10,11)12/h1-2,5H,3-4,13H2. The molecule has 14 heavy (non-hydrogen) atoms. The van der Waals surface area contributed by atoms with Crippen molar-refractivity contribution in [1.82, 2.24) is 0 Å². The fourth-order valence-corrected chi connectivity index (χ4v) is 1.47. The molecule has 0 amide bonds. The van der Waals surface area contributed by atoms with Gasteiger partial charge in [0.05, 0.1) is 0 Å². The van der Waals surface area contributed by atoms with Gasteiger partial charge in [0.15, 0.2) is 4.67 Å². The van der Waals surface area contributed by atoms with Crippen molar-refractivity contribution in [2.24, 2.45) is 5.73 Å². The van der Waals surface area contributed by atoms with Gasteiger partial charge in [-0.25, -0.2) is 0 Å². The van der Waals surface area contributed by atoms with Crippen molar-refractivity contribution in [2.45, 2.75) is 18.5 Å². The highest BCUT2D eigenvalue weighted by Gasteiger charge is 2.41. The van der Waals surface area contributed by atoms with E-state index < -0.39 is 12.1 Å². The van der Waals surface area contributed by atoms with E-state index in [2.05, 4.69) is 15.9 Å². The van der Waals surface area contributed by atoms with Crippen LogP contribution in [0, 0.1) is 0 Å². The van der Waals surface area contributed by atoms with Crippen LogP contribution in [0.25, 0.3) is 0 Å². The molecule has 0 aromatic carbocycles. The third-order valence-corrected chi connectivity index (χ3v) is 2.21. The second-order valence-electron chi connectivity index (χ2n) is 2.81. The molecule has 0 fully saturated rings. The van der Waals surface area contributed by atoms with Crippen molar-refractivity contribution < 1.29 is 17.6 Å². The van der Waals surface area contributed by atoms with Crippen LogP contribution in [0.1, 0.15) is 18.1 Å². The quantitative estimate of drug-likeness (QED) is 0.918. The lowest BCUT2D eigenvalue weighted by Gasteiger charge is -2.16. The minimum atomic E-state index is -4.31. The monoisotopic (exact) mass is 271 g/mol. The van der Waals surface area contributed by atoms with Gasteiger partial charge < -0.3 is 10.2 Å². The van der Waals surface area contributed by atoms with Crippen LogP contribution in [-0.2, 0) is 0 Å². The molecule has 2 nitrogen and oxygen atoms in total. The van der Waals surface area contributed by atoms with Crippen LogP contribution >= 0.6 is 15.9 Å². The average Bonchev–Trinajstić information content (AvgIpc) is 2.45. The minimum Gasteiger partial charge on any atom is -0.454 e. The number of furan rings is 1. The van der Waals surface area contributed by atoms with Crippen LogP contribution in [0.2, 0.25) is 0 Å². The number of halogens is 4. The van der Waals surface area contributed by atoms with E-state index in [1.807, 2.05) is 0 Å². The molecule has 6 heteroatoms. The maximum atomic E-state index is 12.5. The highest BCUT2D eigenvalue weighted by molar-refractivity contribution is 9.10. The van der Waals surface area contributed by atoms with Gasteiger partial charge in [0.25, 0.3) is 0 Å². The van der Waals surface area contributed by atoms with Gasteiger partial charge in [-0.3, -0.25) is 0 Å². The van der Waals surface area contributed by atoms with E-state index in [0.717, 1.165) is 0 Å². The lowest BCUT2D eigenvalue weighted by molar-refractivity contribution is -0.155. The van der Waals surface area contributed by atoms with Crippen LogP contribution in [-0.4, -0.2) is 12.7 Å². The Morgan fingerprint density at radius 1 is 1.43 bits per heavy atom. The summed E-state index contributed by atoms with van der Waals surface area (Å²) in [6.45, 7) is -0.0253. The van der Waals surface area contributed by atoms with E-state index in [0.29, 0.717) is 4.67 Å². The molecule has 1 heterocycles. The van der Waals surface area contributed by atoms with E-state index in [-0.39, 0.29) is 18.7 Å². The van der Waals surface area contributed by atoms with Crippen molar-refractivity contribution in [2.75, 3.05) is 6.54 Å². The molecule has 0 spiro atoms. The Morgan fingerprint density at radius 2 is 2.07 bits per heavy atom. The van der Waals surface area contributed by atoms with E-state index in [4.69, 9.17) is 10.2 Å². The fraction of sp³-hybridized carbons (Fsp3) is 0.500. The van der Waals surface area contributed by atoms with Crippen LogP contribution in [0.3, 0.4) is 0 Å². The molecular weight excluding hydrogens is 263 g/mol. The molecule has 2 N–H and O–H groups in total. The van der Waals surface area contributed by atoms with Crippen molar-refractivity contribution in [3.8, 4) is 0 Å². The fourth-order valence-electron chi connectivity index (χ4n) is 1.15. The smallest absolute Gasteiger partial charge is 0.398 e. The van der Waals surface area contributed by atoms with Crippen LogP contribution in [0.15, 0.2) is 21.2 Å². The summed E-state index contributed by atoms with van der Waals surface area (Å²) in [5.41, 5.74) is 5.12. The Morgan fingerprint density at radius 3 is 2.43 bits per heavy atom. The normalized spacial score (nSPS) is 14.4.